The van der Waals surface area contributed by atoms with Crippen LogP contribution >= 0.6 is 0 Å². The van der Waals surface area contributed by atoms with Crippen LogP contribution in [0.1, 0.15) is 0 Å². The van der Waals surface area contributed by atoms with Gasteiger partial charge in [-0.1, -0.05) is 255 Å². The minimum Gasteiger partial charge on any atom is -0.0616 e. The van der Waals surface area contributed by atoms with Crippen molar-refractivity contribution in [2.24, 2.45) is 0 Å². The summed E-state index contributed by atoms with van der Waals surface area (Å²) in [5.41, 5.74) is 14.9. The molecular formula is C74H46. The van der Waals surface area contributed by atoms with Gasteiger partial charge in [-0.15, -0.1) is 0 Å². The molecule has 0 atom stereocenters. The average molecular weight is 935 g/mol. The van der Waals surface area contributed by atoms with Crippen LogP contribution in [0.15, 0.2) is 279 Å². The molecule has 0 unspecified atom stereocenters. The van der Waals surface area contributed by atoms with Crippen molar-refractivity contribution in [3.8, 4) is 66.8 Å². The first-order valence-electron chi connectivity index (χ1n) is 25.7. The minimum absolute atomic E-state index is 1.20. The largest absolute Gasteiger partial charge is 0.0616 e. The molecule has 15 rings (SSSR count). The van der Waals surface area contributed by atoms with Crippen LogP contribution in [0.5, 0.6) is 0 Å². The summed E-state index contributed by atoms with van der Waals surface area (Å²) in [7, 11) is 0. The van der Waals surface area contributed by atoms with Crippen LogP contribution < -0.4 is 0 Å². The van der Waals surface area contributed by atoms with Crippen LogP contribution in [0.2, 0.25) is 0 Å². The van der Waals surface area contributed by atoms with E-state index >= 15 is 0 Å². The lowest BCUT2D eigenvalue weighted by atomic mass is 9.84. The molecule has 0 radical (unpaired) electrons. The van der Waals surface area contributed by atoms with E-state index in [0.29, 0.717) is 0 Å². The first-order valence-corrected chi connectivity index (χ1v) is 25.7. The molecule has 0 spiro atoms. The number of fused-ring (bicyclic) bond motifs is 8. The fourth-order valence-electron chi connectivity index (χ4n) is 12.4. The third kappa shape index (κ3) is 6.77. The maximum absolute atomic E-state index is 2.42. The predicted octanol–water partition coefficient (Wildman–Crippen LogP) is 20.9. The molecule has 0 saturated heterocycles. The lowest BCUT2D eigenvalue weighted by Crippen LogP contribution is -1.92. The molecule has 342 valence electrons. The zero-order chi connectivity index (χ0) is 48.7. The number of hydrogen-bond acceptors (Lipinski definition) is 0. The SMILES string of the molecule is c1ccc2cc(-c3c4ccccc4c(-c4ccc(-c5cccc6ccc(-c7ccc8cccc(-c9c%10ccccc%10c(-c%10ccc%11ccccc%11c%10)c%10ccccc9%10)c8c7)cc56)cc4)c4ccccc34)ccc2c1. The highest BCUT2D eigenvalue weighted by atomic mass is 14.2. The Kier molecular flexibility index (Phi) is 9.68. The first-order chi connectivity index (χ1) is 36.7. The Morgan fingerprint density at radius 3 is 0.878 bits per heavy atom. The third-order valence-corrected chi connectivity index (χ3v) is 15.8. The maximum atomic E-state index is 2.42. The van der Waals surface area contributed by atoms with Gasteiger partial charge in [0.05, 0.1) is 0 Å². The maximum Gasteiger partial charge on any atom is -0.00201 e. The van der Waals surface area contributed by atoms with Gasteiger partial charge in [-0.05, 0) is 177 Å². The van der Waals surface area contributed by atoms with Crippen LogP contribution in [-0.2, 0) is 0 Å². The van der Waals surface area contributed by atoms with Gasteiger partial charge < -0.3 is 0 Å². The monoisotopic (exact) mass is 934 g/mol. The summed E-state index contributed by atoms with van der Waals surface area (Å²) in [5, 5.41) is 20.0. The summed E-state index contributed by atoms with van der Waals surface area (Å²) in [5.74, 6) is 0. The molecule has 0 heteroatoms. The Labute approximate surface area is 429 Å². The summed E-state index contributed by atoms with van der Waals surface area (Å²) in [4.78, 5) is 0. The van der Waals surface area contributed by atoms with Crippen LogP contribution in [0.4, 0.5) is 0 Å². The number of benzene rings is 15. The van der Waals surface area contributed by atoms with Gasteiger partial charge in [0.25, 0.3) is 0 Å². The summed E-state index contributed by atoms with van der Waals surface area (Å²) < 4.78 is 0. The normalized spacial score (nSPS) is 11.8. The fourth-order valence-corrected chi connectivity index (χ4v) is 12.4. The zero-order valence-electron chi connectivity index (χ0n) is 40.6. The summed E-state index contributed by atoms with van der Waals surface area (Å²) in [6.07, 6.45) is 0. The highest BCUT2D eigenvalue weighted by molar-refractivity contribution is 6.25. The second kappa shape index (κ2) is 17.0. The van der Waals surface area contributed by atoms with E-state index in [1.807, 2.05) is 0 Å². The van der Waals surface area contributed by atoms with Crippen molar-refractivity contribution >= 4 is 86.2 Å². The van der Waals surface area contributed by atoms with Crippen LogP contribution in [0, 0.1) is 0 Å². The van der Waals surface area contributed by atoms with E-state index in [4.69, 9.17) is 0 Å². The Balaban J connectivity index is 0.840. The fraction of sp³-hybridized carbons (Fsp3) is 0. The van der Waals surface area contributed by atoms with E-state index in [0.717, 1.165) is 0 Å². The Bertz CT molecular complexity index is 4650. The Hall–Kier alpha value is -9.62. The molecule has 0 N–H and O–H groups in total. The van der Waals surface area contributed by atoms with E-state index in [9.17, 15) is 0 Å². The molecule has 0 heterocycles. The van der Waals surface area contributed by atoms with Gasteiger partial charge >= 0.3 is 0 Å². The van der Waals surface area contributed by atoms with Gasteiger partial charge in [-0.25, -0.2) is 0 Å². The van der Waals surface area contributed by atoms with E-state index in [-0.39, 0.29) is 0 Å². The smallest absolute Gasteiger partial charge is 0.00201 e. The molecule has 74 heavy (non-hydrogen) atoms. The van der Waals surface area contributed by atoms with E-state index < -0.39 is 0 Å². The Morgan fingerprint density at radius 1 is 0.135 bits per heavy atom. The van der Waals surface area contributed by atoms with E-state index in [1.54, 1.807) is 0 Å². The standard InChI is InChI=1S/C74H46/c1-3-17-53-43-57(41-31-47(53)15-1)72-62-23-7-5-21-60(62)71(61-22-6-8-24-63(61)72)52-37-33-51(34-38-52)59-29-13-19-49-35-39-55(45-69(49)59)56-40-36-50-20-14-30-68(70(50)46-56)74-66-27-11-9-25-64(66)73(65-26-10-12-28-67(65)74)58-42-32-48-16-2-4-18-54(48)44-58/h1-46H. The van der Waals surface area contributed by atoms with Crippen LogP contribution in [-0.4, -0.2) is 0 Å². The van der Waals surface area contributed by atoms with Crippen molar-refractivity contribution in [3.05, 3.63) is 279 Å². The van der Waals surface area contributed by atoms with Gasteiger partial charge in [0.1, 0.15) is 0 Å². The van der Waals surface area contributed by atoms with Gasteiger partial charge in [0, 0.05) is 0 Å². The second-order valence-corrected chi connectivity index (χ2v) is 19.9. The second-order valence-electron chi connectivity index (χ2n) is 19.9. The highest BCUT2D eigenvalue weighted by Crippen LogP contribution is 2.48. The molecule has 0 saturated carbocycles. The molecule has 0 aliphatic heterocycles. The number of hydrogen-bond donors (Lipinski definition) is 0. The topological polar surface area (TPSA) is 0 Å². The van der Waals surface area contributed by atoms with E-state index in [2.05, 4.69) is 279 Å². The summed E-state index contributed by atoms with van der Waals surface area (Å²) in [6.45, 7) is 0. The van der Waals surface area contributed by atoms with Gasteiger partial charge in [-0.3, -0.25) is 0 Å². The summed E-state index contributed by atoms with van der Waals surface area (Å²) in [6, 6.07) is 104. The molecule has 0 aromatic heterocycles. The van der Waals surface area contributed by atoms with Crippen molar-refractivity contribution in [2.45, 2.75) is 0 Å². The summed E-state index contributed by atoms with van der Waals surface area (Å²) >= 11 is 0. The zero-order valence-corrected chi connectivity index (χ0v) is 40.6. The lowest BCUT2D eigenvalue weighted by molar-refractivity contribution is 1.62. The molecule has 0 aliphatic rings. The molecule has 15 aromatic rings. The van der Waals surface area contributed by atoms with Crippen molar-refractivity contribution in [3.63, 3.8) is 0 Å². The van der Waals surface area contributed by atoms with Gasteiger partial charge in [0.2, 0.25) is 0 Å². The highest BCUT2D eigenvalue weighted by Gasteiger charge is 2.20. The molecule has 0 fully saturated rings. The average Bonchev–Trinajstić information content (AvgIpc) is 3.47. The first kappa shape index (κ1) is 42.1. The van der Waals surface area contributed by atoms with Crippen LogP contribution in [0.25, 0.3) is 153 Å². The van der Waals surface area contributed by atoms with E-state index in [1.165, 1.54) is 153 Å². The predicted molar refractivity (Wildman–Crippen MR) is 319 cm³/mol. The van der Waals surface area contributed by atoms with Crippen molar-refractivity contribution in [1.29, 1.82) is 0 Å². The lowest BCUT2D eigenvalue weighted by Gasteiger charge is -2.19. The van der Waals surface area contributed by atoms with Crippen LogP contribution in [0.3, 0.4) is 0 Å². The van der Waals surface area contributed by atoms with Crippen molar-refractivity contribution in [2.75, 3.05) is 0 Å². The number of rotatable bonds is 6. The van der Waals surface area contributed by atoms with Crippen molar-refractivity contribution in [1.82, 2.24) is 0 Å². The minimum atomic E-state index is 1.20. The Morgan fingerprint density at radius 2 is 0.432 bits per heavy atom. The third-order valence-electron chi connectivity index (χ3n) is 15.8. The molecule has 0 aliphatic carbocycles. The molecule has 0 nitrogen and oxygen atoms in total. The molecule has 0 amide bonds. The molecule has 0 bridgehead atoms. The van der Waals surface area contributed by atoms with Crippen molar-refractivity contribution < 1.29 is 0 Å². The molecular weight excluding hydrogens is 889 g/mol. The quantitative estimate of drug-likeness (QED) is 0.146. The molecule has 15 aromatic carbocycles. The van der Waals surface area contributed by atoms with Gasteiger partial charge in [0.15, 0.2) is 0 Å². The van der Waals surface area contributed by atoms with Gasteiger partial charge in [-0.2, -0.15) is 0 Å².